The van der Waals surface area contributed by atoms with Gasteiger partial charge < -0.3 is 9.47 Å². The molecule has 94 valence electrons. The molecule has 0 saturated carbocycles. The largest absolute Gasteiger partial charge is 0.449 e. The van der Waals surface area contributed by atoms with Crippen molar-refractivity contribution in [1.82, 2.24) is 9.80 Å². The zero-order valence-corrected chi connectivity index (χ0v) is 10.2. The highest BCUT2D eigenvalue weighted by Crippen LogP contribution is 2.13. The molecule has 6 heteroatoms. The van der Waals surface area contributed by atoms with Gasteiger partial charge in [0.15, 0.2) is 0 Å². The molecule has 0 atom stereocenters. The summed E-state index contributed by atoms with van der Waals surface area (Å²) in [6.07, 6.45) is 3.72. The van der Waals surface area contributed by atoms with Gasteiger partial charge in [-0.2, -0.15) is 0 Å². The Hall–Kier alpha value is -1.82. The summed E-state index contributed by atoms with van der Waals surface area (Å²) in [5.74, 6) is -0.252. The van der Waals surface area contributed by atoms with E-state index in [4.69, 9.17) is 9.47 Å². The van der Waals surface area contributed by atoms with Crippen molar-refractivity contribution in [2.45, 2.75) is 13.8 Å². The molecule has 1 rings (SSSR count). The second-order valence-electron chi connectivity index (χ2n) is 3.38. The number of carbonyl (C=O) groups is 2. The Morgan fingerprint density at radius 3 is 2.76 bits per heavy atom. The third-order valence-electron chi connectivity index (χ3n) is 2.10. The Bertz CT molecular complexity index is 362. The standard InChI is InChI=1S/C11H16N2O4/c1-4-17-11(15)13-6-5-10(14)12(8-16-3)7-9(13)2/h5-7H,4,8H2,1-3H3. The molecule has 0 aromatic carbocycles. The summed E-state index contributed by atoms with van der Waals surface area (Å²) in [5.41, 5.74) is 0.586. The second kappa shape index (κ2) is 6.05. The smallest absolute Gasteiger partial charge is 0.418 e. The summed E-state index contributed by atoms with van der Waals surface area (Å²) in [7, 11) is 1.49. The average Bonchev–Trinajstić information content (AvgIpc) is 2.41. The van der Waals surface area contributed by atoms with E-state index >= 15 is 0 Å². The van der Waals surface area contributed by atoms with Crippen LogP contribution in [-0.4, -0.2) is 42.2 Å². The molecule has 6 nitrogen and oxygen atoms in total. The highest BCUT2D eigenvalue weighted by atomic mass is 16.6. The van der Waals surface area contributed by atoms with E-state index in [9.17, 15) is 9.59 Å². The van der Waals surface area contributed by atoms with Crippen molar-refractivity contribution < 1.29 is 19.1 Å². The quantitative estimate of drug-likeness (QED) is 0.745. The second-order valence-corrected chi connectivity index (χ2v) is 3.38. The minimum atomic E-state index is -0.510. The van der Waals surface area contributed by atoms with Crippen molar-refractivity contribution in [2.24, 2.45) is 0 Å². The fraction of sp³-hybridized carbons (Fsp3) is 0.455. The maximum absolute atomic E-state index is 11.6. The molecular formula is C11H16N2O4. The molecule has 1 heterocycles. The lowest BCUT2D eigenvalue weighted by molar-refractivity contribution is -0.127. The fourth-order valence-electron chi connectivity index (χ4n) is 1.34. The Labute approximate surface area is 100 Å². The Balaban J connectivity index is 2.89. The van der Waals surface area contributed by atoms with Crippen LogP contribution in [0.15, 0.2) is 24.2 Å². The Morgan fingerprint density at radius 2 is 2.18 bits per heavy atom. The van der Waals surface area contributed by atoms with Gasteiger partial charge in [0.1, 0.15) is 6.73 Å². The summed E-state index contributed by atoms with van der Waals surface area (Å²) >= 11 is 0. The third-order valence-corrected chi connectivity index (χ3v) is 2.10. The first kappa shape index (κ1) is 13.2. The predicted octanol–water partition coefficient (Wildman–Crippen LogP) is 1.27. The molecule has 0 saturated heterocycles. The lowest BCUT2D eigenvalue weighted by Gasteiger charge is -2.18. The van der Waals surface area contributed by atoms with Gasteiger partial charge in [0, 0.05) is 31.3 Å². The van der Waals surface area contributed by atoms with Crippen LogP contribution in [0.4, 0.5) is 4.79 Å². The van der Waals surface area contributed by atoms with E-state index in [1.54, 1.807) is 20.0 Å². The van der Waals surface area contributed by atoms with Crippen molar-refractivity contribution >= 4 is 12.0 Å². The maximum atomic E-state index is 11.6. The van der Waals surface area contributed by atoms with Gasteiger partial charge in [-0.15, -0.1) is 0 Å². The zero-order valence-electron chi connectivity index (χ0n) is 10.2. The van der Waals surface area contributed by atoms with E-state index in [-0.39, 0.29) is 19.2 Å². The Morgan fingerprint density at radius 1 is 1.47 bits per heavy atom. The summed E-state index contributed by atoms with van der Waals surface area (Å²) in [5, 5.41) is 0. The molecule has 17 heavy (non-hydrogen) atoms. The minimum absolute atomic E-state index is 0.136. The predicted molar refractivity (Wildman–Crippen MR) is 60.5 cm³/mol. The summed E-state index contributed by atoms with van der Waals surface area (Å²) in [6, 6.07) is 0. The first-order chi connectivity index (χ1) is 8.10. The van der Waals surface area contributed by atoms with Crippen LogP contribution in [0, 0.1) is 0 Å². The zero-order chi connectivity index (χ0) is 12.8. The SMILES string of the molecule is CCOC(=O)N1C=CC(=O)N(COC)C=C1C. The number of hydrogen-bond donors (Lipinski definition) is 0. The number of carbonyl (C=O) groups excluding carboxylic acids is 2. The fourth-order valence-corrected chi connectivity index (χ4v) is 1.34. The van der Waals surface area contributed by atoms with E-state index in [1.807, 2.05) is 0 Å². The number of methoxy groups -OCH3 is 1. The van der Waals surface area contributed by atoms with E-state index in [0.717, 1.165) is 0 Å². The first-order valence-electron chi connectivity index (χ1n) is 5.22. The summed E-state index contributed by atoms with van der Waals surface area (Å²) in [6.45, 7) is 3.85. The number of rotatable bonds is 3. The Kier molecular flexibility index (Phi) is 4.71. The van der Waals surface area contributed by atoms with Crippen molar-refractivity contribution in [3.8, 4) is 0 Å². The maximum Gasteiger partial charge on any atom is 0.418 e. The highest BCUT2D eigenvalue weighted by Gasteiger charge is 2.20. The van der Waals surface area contributed by atoms with Crippen LogP contribution in [-0.2, 0) is 14.3 Å². The number of hydrogen-bond acceptors (Lipinski definition) is 4. The van der Waals surface area contributed by atoms with Gasteiger partial charge in [-0.1, -0.05) is 0 Å². The van der Waals surface area contributed by atoms with Crippen LogP contribution in [0.3, 0.4) is 0 Å². The van der Waals surface area contributed by atoms with Gasteiger partial charge in [0.2, 0.25) is 0 Å². The number of nitrogens with zero attached hydrogens (tertiary/aromatic N) is 2. The minimum Gasteiger partial charge on any atom is -0.449 e. The first-order valence-corrected chi connectivity index (χ1v) is 5.22. The van der Waals surface area contributed by atoms with Crippen LogP contribution in [0.2, 0.25) is 0 Å². The molecule has 1 aliphatic heterocycles. The summed E-state index contributed by atoms with van der Waals surface area (Å²) in [4.78, 5) is 25.8. The molecule has 1 aliphatic rings. The van der Waals surface area contributed by atoms with E-state index in [1.165, 1.54) is 29.2 Å². The third kappa shape index (κ3) is 3.32. The van der Waals surface area contributed by atoms with E-state index in [0.29, 0.717) is 5.70 Å². The molecule has 2 amide bonds. The van der Waals surface area contributed by atoms with Crippen LogP contribution in [0.25, 0.3) is 0 Å². The van der Waals surface area contributed by atoms with Crippen molar-refractivity contribution in [1.29, 1.82) is 0 Å². The monoisotopic (exact) mass is 240 g/mol. The van der Waals surface area contributed by atoms with Gasteiger partial charge in [-0.25, -0.2) is 4.79 Å². The molecule has 0 bridgehead atoms. The topological polar surface area (TPSA) is 59.1 Å². The molecule has 0 fully saturated rings. The average molecular weight is 240 g/mol. The molecule has 0 radical (unpaired) electrons. The molecule has 0 N–H and O–H groups in total. The molecule has 0 aliphatic carbocycles. The molecule has 0 spiro atoms. The van der Waals surface area contributed by atoms with Crippen molar-refractivity contribution in [3.05, 3.63) is 24.2 Å². The highest BCUT2D eigenvalue weighted by molar-refractivity contribution is 5.89. The number of allylic oxidation sites excluding steroid dienone is 1. The van der Waals surface area contributed by atoms with Gasteiger partial charge in [0.25, 0.3) is 5.91 Å². The normalized spacial score (nSPS) is 15.7. The van der Waals surface area contributed by atoms with Gasteiger partial charge in [-0.05, 0) is 13.8 Å². The van der Waals surface area contributed by atoms with Gasteiger partial charge >= 0.3 is 6.09 Å². The molecule has 0 aromatic rings. The molecule has 0 unspecified atom stereocenters. The van der Waals surface area contributed by atoms with Crippen LogP contribution in [0.1, 0.15) is 13.8 Å². The lowest BCUT2D eigenvalue weighted by atomic mass is 10.4. The van der Waals surface area contributed by atoms with Crippen LogP contribution in [0.5, 0.6) is 0 Å². The van der Waals surface area contributed by atoms with Crippen molar-refractivity contribution in [3.63, 3.8) is 0 Å². The number of amides is 2. The molecule has 0 aromatic heterocycles. The summed E-state index contributed by atoms with van der Waals surface area (Å²) < 4.78 is 9.76. The van der Waals surface area contributed by atoms with Gasteiger partial charge in [0.05, 0.1) is 6.61 Å². The lowest BCUT2D eigenvalue weighted by Crippen LogP contribution is -2.27. The van der Waals surface area contributed by atoms with Crippen LogP contribution >= 0.6 is 0 Å². The van der Waals surface area contributed by atoms with Crippen molar-refractivity contribution in [2.75, 3.05) is 20.4 Å². The van der Waals surface area contributed by atoms with E-state index < -0.39 is 6.09 Å². The van der Waals surface area contributed by atoms with E-state index in [2.05, 4.69) is 0 Å². The van der Waals surface area contributed by atoms with Crippen LogP contribution < -0.4 is 0 Å². The van der Waals surface area contributed by atoms with Gasteiger partial charge in [-0.3, -0.25) is 14.6 Å². The molecular weight excluding hydrogens is 224 g/mol. The number of ether oxygens (including phenoxy) is 2.